The van der Waals surface area contributed by atoms with Crippen LogP contribution < -0.4 is 10.6 Å². The molecule has 94 valence electrons. The van der Waals surface area contributed by atoms with Gasteiger partial charge in [-0.25, -0.2) is 0 Å². The van der Waals surface area contributed by atoms with Crippen LogP contribution in [0.15, 0.2) is 18.2 Å². The van der Waals surface area contributed by atoms with Crippen LogP contribution in [0.1, 0.15) is 24.0 Å². The van der Waals surface area contributed by atoms with E-state index >= 15 is 0 Å². The summed E-state index contributed by atoms with van der Waals surface area (Å²) in [6.45, 7) is 1.63. The van der Waals surface area contributed by atoms with Gasteiger partial charge in [0.2, 0.25) is 5.91 Å². The molecule has 2 rings (SSSR count). The highest BCUT2D eigenvalue weighted by atomic mass is 16.1. The standard InChI is InChI=1S/C14H17N3O/c15-7-1-8-16-9-6-11-2-4-13-12(10-11)3-5-14(18)17-13/h2,4,10,16H,1,3,5-6,8-9H2,(H,17,18). The largest absolute Gasteiger partial charge is 0.326 e. The molecule has 0 aromatic heterocycles. The number of hydrogen-bond acceptors (Lipinski definition) is 3. The van der Waals surface area contributed by atoms with Crippen molar-refractivity contribution in [2.45, 2.75) is 25.7 Å². The van der Waals surface area contributed by atoms with Gasteiger partial charge < -0.3 is 10.6 Å². The summed E-state index contributed by atoms with van der Waals surface area (Å²) in [4.78, 5) is 11.2. The summed E-state index contributed by atoms with van der Waals surface area (Å²) in [5.41, 5.74) is 3.45. The first-order chi connectivity index (χ1) is 8.79. The Morgan fingerprint density at radius 3 is 3.06 bits per heavy atom. The fourth-order valence-corrected chi connectivity index (χ4v) is 2.09. The summed E-state index contributed by atoms with van der Waals surface area (Å²) in [7, 11) is 0. The number of rotatable bonds is 5. The summed E-state index contributed by atoms with van der Waals surface area (Å²) in [6, 6.07) is 8.31. The Hall–Kier alpha value is -1.86. The summed E-state index contributed by atoms with van der Waals surface area (Å²) >= 11 is 0. The van der Waals surface area contributed by atoms with Crippen molar-refractivity contribution in [3.63, 3.8) is 0 Å². The first kappa shape index (κ1) is 12.6. The van der Waals surface area contributed by atoms with E-state index in [-0.39, 0.29) is 5.91 Å². The lowest BCUT2D eigenvalue weighted by Crippen LogP contribution is -2.20. The van der Waals surface area contributed by atoms with E-state index in [4.69, 9.17) is 5.26 Å². The van der Waals surface area contributed by atoms with Gasteiger partial charge in [-0.3, -0.25) is 4.79 Å². The third kappa shape index (κ3) is 3.31. The van der Waals surface area contributed by atoms with Crippen LogP contribution in [-0.2, 0) is 17.6 Å². The molecule has 0 radical (unpaired) electrons. The molecule has 1 amide bonds. The van der Waals surface area contributed by atoms with Gasteiger partial charge in [-0.05, 0) is 36.6 Å². The number of carbonyl (C=O) groups excluding carboxylic acids is 1. The summed E-state index contributed by atoms with van der Waals surface area (Å²) in [5, 5.41) is 14.5. The minimum atomic E-state index is 0.105. The van der Waals surface area contributed by atoms with Gasteiger partial charge in [0.15, 0.2) is 0 Å². The predicted octanol–water partition coefficient (Wildman–Crippen LogP) is 1.62. The Morgan fingerprint density at radius 1 is 1.33 bits per heavy atom. The second kappa shape index (κ2) is 6.18. The number of nitrogens with one attached hydrogen (secondary N) is 2. The second-order valence-corrected chi connectivity index (χ2v) is 4.45. The lowest BCUT2D eigenvalue weighted by Gasteiger charge is -2.17. The fourth-order valence-electron chi connectivity index (χ4n) is 2.09. The molecule has 0 unspecified atom stereocenters. The van der Waals surface area contributed by atoms with Crippen molar-refractivity contribution >= 4 is 11.6 Å². The molecule has 4 heteroatoms. The Morgan fingerprint density at radius 2 is 2.22 bits per heavy atom. The summed E-state index contributed by atoms with van der Waals surface area (Å²) in [6.07, 6.45) is 2.91. The van der Waals surface area contributed by atoms with Gasteiger partial charge in [-0.1, -0.05) is 12.1 Å². The lowest BCUT2D eigenvalue weighted by molar-refractivity contribution is -0.116. The molecule has 0 fully saturated rings. The van der Waals surface area contributed by atoms with Gasteiger partial charge >= 0.3 is 0 Å². The van der Waals surface area contributed by atoms with Crippen LogP contribution in [0.2, 0.25) is 0 Å². The van der Waals surface area contributed by atoms with Crippen LogP contribution in [0.4, 0.5) is 5.69 Å². The number of amides is 1. The first-order valence-corrected chi connectivity index (χ1v) is 6.29. The van der Waals surface area contributed by atoms with Crippen molar-refractivity contribution in [1.82, 2.24) is 5.32 Å². The molecular formula is C14H17N3O. The zero-order valence-corrected chi connectivity index (χ0v) is 10.3. The molecule has 1 aromatic rings. The van der Waals surface area contributed by atoms with E-state index in [9.17, 15) is 4.79 Å². The lowest BCUT2D eigenvalue weighted by atomic mass is 9.99. The quantitative estimate of drug-likeness (QED) is 0.772. The highest BCUT2D eigenvalue weighted by molar-refractivity contribution is 5.93. The molecule has 0 aliphatic carbocycles. The van der Waals surface area contributed by atoms with Crippen LogP contribution in [0.25, 0.3) is 0 Å². The molecule has 1 aliphatic heterocycles. The van der Waals surface area contributed by atoms with Crippen molar-refractivity contribution < 1.29 is 4.79 Å². The topological polar surface area (TPSA) is 64.9 Å². The first-order valence-electron chi connectivity index (χ1n) is 6.29. The highest BCUT2D eigenvalue weighted by Crippen LogP contribution is 2.23. The molecule has 18 heavy (non-hydrogen) atoms. The monoisotopic (exact) mass is 243 g/mol. The Balaban J connectivity index is 1.87. The molecule has 0 atom stereocenters. The van der Waals surface area contributed by atoms with E-state index in [1.54, 1.807) is 0 Å². The number of anilines is 1. The third-order valence-corrected chi connectivity index (χ3v) is 3.07. The minimum absolute atomic E-state index is 0.105. The fraction of sp³-hybridized carbons (Fsp3) is 0.429. The molecule has 0 saturated carbocycles. The second-order valence-electron chi connectivity index (χ2n) is 4.45. The third-order valence-electron chi connectivity index (χ3n) is 3.07. The summed E-state index contributed by atoms with van der Waals surface area (Å²) in [5.74, 6) is 0.105. The van der Waals surface area contributed by atoms with Gasteiger partial charge in [0.1, 0.15) is 0 Å². The Labute approximate surface area is 107 Å². The SMILES string of the molecule is N#CCCNCCc1ccc2c(c1)CCC(=O)N2. The zero-order chi connectivity index (χ0) is 12.8. The van der Waals surface area contributed by atoms with Crippen molar-refractivity contribution in [1.29, 1.82) is 5.26 Å². The number of aryl methyl sites for hydroxylation is 1. The van der Waals surface area contributed by atoms with E-state index in [0.29, 0.717) is 12.8 Å². The number of nitrogens with zero attached hydrogens (tertiary/aromatic N) is 1. The van der Waals surface area contributed by atoms with Crippen molar-refractivity contribution in [2.24, 2.45) is 0 Å². The molecule has 4 nitrogen and oxygen atoms in total. The van der Waals surface area contributed by atoms with E-state index < -0.39 is 0 Å². The Bertz CT molecular complexity index is 476. The van der Waals surface area contributed by atoms with E-state index in [2.05, 4.69) is 28.8 Å². The molecular weight excluding hydrogens is 226 g/mol. The molecule has 2 N–H and O–H groups in total. The molecule has 0 bridgehead atoms. The maximum Gasteiger partial charge on any atom is 0.224 e. The normalized spacial score (nSPS) is 13.6. The average Bonchev–Trinajstić information content (AvgIpc) is 2.38. The number of benzene rings is 1. The van der Waals surface area contributed by atoms with Gasteiger partial charge in [-0.15, -0.1) is 0 Å². The van der Waals surface area contributed by atoms with E-state index in [0.717, 1.165) is 31.6 Å². The van der Waals surface area contributed by atoms with Crippen molar-refractivity contribution in [3.8, 4) is 6.07 Å². The van der Waals surface area contributed by atoms with Crippen molar-refractivity contribution in [3.05, 3.63) is 29.3 Å². The molecule has 1 aromatic carbocycles. The zero-order valence-electron chi connectivity index (χ0n) is 10.3. The van der Waals surface area contributed by atoms with Crippen LogP contribution in [-0.4, -0.2) is 19.0 Å². The number of hydrogen-bond donors (Lipinski definition) is 2. The van der Waals surface area contributed by atoms with Crippen LogP contribution in [0.5, 0.6) is 0 Å². The number of nitriles is 1. The molecule has 0 saturated heterocycles. The molecule has 1 heterocycles. The number of fused-ring (bicyclic) bond motifs is 1. The van der Waals surface area contributed by atoms with E-state index in [1.807, 2.05) is 6.07 Å². The van der Waals surface area contributed by atoms with Crippen molar-refractivity contribution in [2.75, 3.05) is 18.4 Å². The van der Waals surface area contributed by atoms with Crippen LogP contribution in [0.3, 0.4) is 0 Å². The smallest absolute Gasteiger partial charge is 0.224 e. The number of carbonyl (C=O) groups is 1. The predicted molar refractivity (Wildman–Crippen MR) is 70.2 cm³/mol. The highest BCUT2D eigenvalue weighted by Gasteiger charge is 2.14. The molecule has 1 aliphatic rings. The van der Waals surface area contributed by atoms with Crippen LogP contribution in [0, 0.1) is 11.3 Å². The van der Waals surface area contributed by atoms with Crippen LogP contribution >= 0.6 is 0 Å². The van der Waals surface area contributed by atoms with Gasteiger partial charge in [-0.2, -0.15) is 5.26 Å². The van der Waals surface area contributed by atoms with Gasteiger partial charge in [0.05, 0.1) is 6.07 Å². The molecule has 0 spiro atoms. The average molecular weight is 243 g/mol. The van der Waals surface area contributed by atoms with Gasteiger partial charge in [0.25, 0.3) is 0 Å². The Kier molecular flexibility index (Phi) is 4.32. The minimum Gasteiger partial charge on any atom is -0.326 e. The maximum absolute atomic E-state index is 11.2. The van der Waals surface area contributed by atoms with E-state index in [1.165, 1.54) is 11.1 Å². The maximum atomic E-state index is 11.2. The summed E-state index contributed by atoms with van der Waals surface area (Å²) < 4.78 is 0. The van der Waals surface area contributed by atoms with Gasteiger partial charge in [0, 0.05) is 25.1 Å².